The van der Waals surface area contributed by atoms with Gasteiger partial charge in [0.25, 0.3) is 11.6 Å². The normalized spacial score (nSPS) is 10.8. The summed E-state index contributed by atoms with van der Waals surface area (Å²) in [6.45, 7) is 3.54. The van der Waals surface area contributed by atoms with Gasteiger partial charge in [0, 0.05) is 27.4 Å². The number of rotatable bonds is 11. The monoisotopic (exact) mass is 648 g/mol. The largest absolute Gasteiger partial charge is 0.345 e. The van der Waals surface area contributed by atoms with E-state index in [1.165, 1.54) is 48.2 Å². The fourth-order valence-electron chi connectivity index (χ4n) is 3.41. The van der Waals surface area contributed by atoms with Crippen LogP contribution in [-0.4, -0.2) is 53.2 Å². The third kappa shape index (κ3) is 7.20. The fourth-order valence-corrected chi connectivity index (χ4v) is 6.11. The number of nitrogens with one attached hydrogen (secondary N) is 2. The van der Waals surface area contributed by atoms with Gasteiger partial charge in [0.15, 0.2) is 15.3 Å². The first-order valence-corrected chi connectivity index (χ1v) is 15.0. The summed E-state index contributed by atoms with van der Waals surface area (Å²) in [5.74, 6) is 0.571. The average molecular weight is 650 g/mol. The van der Waals surface area contributed by atoms with E-state index in [4.69, 9.17) is 0 Å². The van der Waals surface area contributed by atoms with Crippen molar-refractivity contribution in [3.05, 3.63) is 74.0 Å². The van der Waals surface area contributed by atoms with Gasteiger partial charge in [-0.05, 0) is 43.0 Å². The van der Waals surface area contributed by atoms with Gasteiger partial charge >= 0.3 is 0 Å². The van der Waals surface area contributed by atoms with Crippen molar-refractivity contribution < 1.29 is 14.5 Å². The van der Waals surface area contributed by atoms with Crippen molar-refractivity contribution in [2.75, 3.05) is 16.8 Å². The number of hydrogen-bond acceptors (Lipinski definition) is 11. The summed E-state index contributed by atoms with van der Waals surface area (Å²) in [5, 5.41) is 34.1. The predicted octanol–water partition coefficient (Wildman–Crippen LogP) is 4.87. The van der Waals surface area contributed by atoms with Gasteiger partial charge in [0.05, 0.1) is 17.2 Å². The summed E-state index contributed by atoms with van der Waals surface area (Å²) in [6.07, 6.45) is 0. The van der Waals surface area contributed by atoms with E-state index in [1.807, 2.05) is 31.2 Å². The number of carbonyl (C=O) groups is 2. The van der Waals surface area contributed by atoms with Gasteiger partial charge in [-0.3, -0.25) is 29.6 Å². The van der Waals surface area contributed by atoms with E-state index >= 15 is 0 Å². The maximum Gasteiger partial charge on any atom is 0.273 e. The van der Waals surface area contributed by atoms with Crippen LogP contribution in [-0.2, 0) is 11.3 Å². The lowest BCUT2D eigenvalue weighted by Crippen LogP contribution is -2.25. The van der Waals surface area contributed by atoms with Gasteiger partial charge < -0.3 is 5.32 Å². The number of thioether (sulfide) groups is 2. The van der Waals surface area contributed by atoms with Crippen LogP contribution in [0.15, 0.2) is 56.4 Å². The molecule has 2 N–H and O–H groups in total. The summed E-state index contributed by atoms with van der Waals surface area (Å²) < 4.78 is 3.40. The van der Waals surface area contributed by atoms with Gasteiger partial charge in [-0.1, -0.05) is 63.8 Å². The molecular weight excluding hydrogens is 628 g/mol. The first kappa shape index (κ1) is 28.7. The van der Waals surface area contributed by atoms with Crippen molar-refractivity contribution in [3.63, 3.8) is 0 Å². The zero-order valence-corrected chi connectivity index (χ0v) is 24.6. The zero-order chi connectivity index (χ0) is 27.9. The molecule has 0 atom stereocenters. The second-order valence-corrected chi connectivity index (χ2v) is 12.1. The molecule has 0 saturated heterocycles. The van der Waals surface area contributed by atoms with E-state index in [-0.39, 0.29) is 35.0 Å². The molecular formula is C23H21BrN8O4S3. The molecule has 0 bridgehead atoms. The maximum atomic E-state index is 12.9. The molecule has 2 aromatic carbocycles. The molecule has 2 aromatic heterocycles. The van der Waals surface area contributed by atoms with Crippen molar-refractivity contribution in [2.24, 2.45) is 0 Å². The third-order valence-corrected chi connectivity index (χ3v) is 8.50. The lowest BCUT2D eigenvalue weighted by Gasteiger charge is -2.12. The number of nitro benzene ring substituents is 1. The number of hydrogen-bond donors (Lipinski definition) is 2. The van der Waals surface area contributed by atoms with Crippen LogP contribution in [0.4, 0.5) is 10.8 Å². The molecule has 0 fully saturated rings. The molecule has 0 aliphatic carbocycles. The number of nitrogens with zero attached hydrogens (tertiary/aromatic N) is 6. The quantitative estimate of drug-likeness (QED) is 0.0994. The first-order valence-electron chi connectivity index (χ1n) is 11.4. The molecule has 0 aliphatic rings. The maximum absolute atomic E-state index is 12.9. The molecule has 0 spiro atoms. The molecule has 0 radical (unpaired) electrons. The van der Waals surface area contributed by atoms with Gasteiger partial charge in [0.1, 0.15) is 0 Å². The molecule has 39 heavy (non-hydrogen) atoms. The lowest BCUT2D eigenvalue weighted by atomic mass is 10.1. The van der Waals surface area contributed by atoms with Crippen LogP contribution in [0.3, 0.4) is 0 Å². The Labute approximate surface area is 243 Å². The van der Waals surface area contributed by atoms with Crippen molar-refractivity contribution >= 4 is 73.4 Å². The van der Waals surface area contributed by atoms with Gasteiger partial charge in [-0.2, -0.15) is 0 Å². The van der Waals surface area contributed by atoms with Crippen LogP contribution in [0.25, 0.3) is 5.69 Å². The highest BCUT2D eigenvalue weighted by Gasteiger charge is 2.20. The second-order valence-electron chi connectivity index (χ2n) is 7.74. The minimum Gasteiger partial charge on any atom is -0.345 e. The molecule has 2 amide bonds. The van der Waals surface area contributed by atoms with E-state index in [9.17, 15) is 19.7 Å². The number of aromatic nitrogens is 5. The number of halogens is 1. The minimum atomic E-state index is -0.524. The SMILES string of the molecule is CCSc1nnc(NC(=O)CSc2nnc(CNC(=O)c3cccc([N+](=O)[O-])c3C)n2-c2ccc(Br)cc2)s1. The summed E-state index contributed by atoms with van der Waals surface area (Å²) in [6, 6.07) is 11.8. The Balaban J connectivity index is 1.50. The van der Waals surface area contributed by atoms with Crippen molar-refractivity contribution in [3.8, 4) is 5.69 Å². The predicted molar refractivity (Wildman–Crippen MR) is 154 cm³/mol. The van der Waals surface area contributed by atoms with Gasteiger partial charge in [0.2, 0.25) is 11.0 Å². The Morgan fingerprint density at radius 2 is 1.87 bits per heavy atom. The van der Waals surface area contributed by atoms with Crippen LogP contribution in [0.2, 0.25) is 0 Å². The van der Waals surface area contributed by atoms with E-state index in [0.29, 0.717) is 16.1 Å². The van der Waals surface area contributed by atoms with E-state index in [1.54, 1.807) is 16.3 Å². The number of anilines is 1. The van der Waals surface area contributed by atoms with Crippen LogP contribution >= 0.6 is 50.8 Å². The van der Waals surface area contributed by atoms with Gasteiger partial charge in [-0.15, -0.1) is 20.4 Å². The fraction of sp³-hybridized carbons (Fsp3) is 0.217. The first-order chi connectivity index (χ1) is 18.8. The molecule has 4 aromatic rings. The summed E-state index contributed by atoms with van der Waals surface area (Å²) in [4.78, 5) is 36.2. The van der Waals surface area contributed by atoms with Crippen molar-refractivity contribution in [1.82, 2.24) is 30.3 Å². The number of benzene rings is 2. The van der Waals surface area contributed by atoms with Crippen molar-refractivity contribution in [2.45, 2.75) is 29.9 Å². The average Bonchev–Trinajstić information content (AvgIpc) is 3.53. The molecule has 4 rings (SSSR count). The smallest absolute Gasteiger partial charge is 0.273 e. The Hall–Kier alpha value is -3.34. The Kier molecular flexibility index (Phi) is 9.66. The molecule has 16 heteroatoms. The second kappa shape index (κ2) is 13.1. The number of nitro groups is 1. The van der Waals surface area contributed by atoms with E-state index in [0.717, 1.165) is 20.3 Å². The van der Waals surface area contributed by atoms with Crippen LogP contribution < -0.4 is 10.6 Å². The van der Waals surface area contributed by atoms with Crippen molar-refractivity contribution in [1.29, 1.82) is 0 Å². The van der Waals surface area contributed by atoms with Crippen LogP contribution in [0.5, 0.6) is 0 Å². The highest BCUT2D eigenvalue weighted by molar-refractivity contribution is 9.10. The Morgan fingerprint density at radius 1 is 1.10 bits per heavy atom. The van der Waals surface area contributed by atoms with Crippen LogP contribution in [0.1, 0.15) is 28.7 Å². The summed E-state index contributed by atoms with van der Waals surface area (Å²) >= 11 is 7.46. The summed E-state index contributed by atoms with van der Waals surface area (Å²) in [7, 11) is 0. The zero-order valence-electron chi connectivity index (χ0n) is 20.6. The third-order valence-electron chi connectivity index (χ3n) is 5.19. The number of carbonyl (C=O) groups excluding carboxylic acids is 2. The highest BCUT2D eigenvalue weighted by Crippen LogP contribution is 2.27. The number of amides is 2. The molecule has 0 saturated carbocycles. The summed E-state index contributed by atoms with van der Waals surface area (Å²) in [5.41, 5.74) is 1.06. The lowest BCUT2D eigenvalue weighted by molar-refractivity contribution is -0.385. The van der Waals surface area contributed by atoms with Gasteiger partial charge in [-0.25, -0.2) is 0 Å². The van der Waals surface area contributed by atoms with E-state index in [2.05, 4.69) is 47.0 Å². The Morgan fingerprint density at radius 3 is 2.59 bits per heavy atom. The van der Waals surface area contributed by atoms with Crippen LogP contribution in [0, 0.1) is 17.0 Å². The highest BCUT2D eigenvalue weighted by atomic mass is 79.9. The molecule has 0 unspecified atom stereocenters. The molecule has 2 heterocycles. The standard InChI is InChI=1S/C23H21BrN8O4S3/c1-3-37-23-30-28-21(39-23)26-19(33)12-38-22-29-27-18(31(22)15-9-7-14(24)8-10-15)11-25-20(34)16-5-4-6-17(13(16)2)32(35)36/h4-10H,3,11-12H2,1-2H3,(H,25,34)(H,26,28,33). The molecule has 202 valence electrons. The topological polar surface area (TPSA) is 158 Å². The van der Waals surface area contributed by atoms with E-state index < -0.39 is 10.8 Å². The Bertz CT molecular complexity index is 1510. The molecule has 12 nitrogen and oxygen atoms in total. The minimum absolute atomic E-state index is 0.000553. The molecule has 0 aliphatic heterocycles.